The van der Waals surface area contributed by atoms with Crippen molar-refractivity contribution in [3.63, 3.8) is 0 Å². The Kier molecular flexibility index (Phi) is 2.91. The van der Waals surface area contributed by atoms with Crippen molar-refractivity contribution in [1.82, 2.24) is 9.97 Å². The molecule has 13 heavy (non-hydrogen) atoms. The van der Waals surface area contributed by atoms with E-state index in [1.54, 1.807) is 0 Å². The third-order valence-corrected chi connectivity index (χ3v) is 1.76. The lowest BCUT2D eigenvalue weighted by molar-refractivity contribution is 0.0696. The van der Waals surface area contributed by atoms with Crippen LogP contribution >= 0.6 is 0 Å². The number of hydrogen-bond donors (Lipinski definition) is 2. The van der Waals surface area contributed by atoms with E-state index in [0.717, 1.165) is 12.4 Å². The molecular formula is C6H6N2O4S. The molecule has 1 aromatic heterocycles. The van der Waals surface area contributed by atoms with Crippen molar-refractivity contribution in [2.75, 3.05) is 0 Å². The predicted octanol–water partition coefficient (Wildman–Crippen LogP) is -0.714. The van der Waals surface area contributed by atoms with Crippen LogP contribution in [0.4, 0.5) is 0 Å². The van der Waals surface area contributed by atoms with Gasteiger partial charge in [0.25, 0.3) is 0 Å². The Bertz CT molecular complexity index is 376. The molecule has 7 heteroatoms. The summed E-state index contributed by atoms with van der Waals surface area (Å²) in [6, 6.07) is 0. The fourth-order valence-corrected chi connectivity index (χ4v) is 1.06. The molecule has 0 bridgehead atoms. The molecule has 70 valence electrons. The van der Waals surface area contributed by atoms with Crippen LogP contribution in [0.5, 0.6) is 0 Å². The van der Waals surface area contributed by atoms with Crippen LogP contribution in [0.15, 0.2) is 12.4 Å². The molecule has 1 rings (SSSR count). The zero-order valence-corrected chi connectivity index (χ0v) is 7.27. The highest BCUT2D eigenvalue weighted by molar-refractivity contribution is 7.71. The number of carbonyl (C=O) groups is 1. The first-order valence-electron chi connectivity index (χ1n) is 3.25. The van der Waals surface area contributed by atoms with E-state index < -0.39 is 16.7 Å². The molecule has 1 heterocycles. The molecular weight excluding hydrogens is 196 g/mol. The van der Waals surface area contributed by atoms with Crippen LogP contribution in [0.2, 0.25) is 0 Å². The van der Waals surface area contributed by atoms with E-state index in [1.807, 2.05) is 0 Å². The van der Waals surface area contributed by atoms with Crippen molar-refractivity contribution in [3.05, 3.63) is 23.8 Å². The van der Waals surface area contributed by atoms with E-state index in [9.17, 15) is 13.2 Å². The second-order valence-corrected chi connectivity index (χ2v) is 3.17. The first-order chi connectivity index (χ1) is 6.09. The van der Waals surface area contributed by atoms with Gasteiger partial charge >= 0.3 is 5.97 Å². The highest BCUT2D eigenvalue weighted by Crippen LogP contribution is 1.96. The number of hydrogen-bond acceptors (Lipinski definition) is 5. The van der Waals surface area contributed by atoms with Crippen LogP contribution in [0.3, 0.4) is 0 Å². The molecule has 0 aliphatic rings. The van der Waals surface area contributed by atoms with Crippen molar-refractivity contribution in [3.8, 4) is 0 Å². The standard InChI is InChI=1S/C6H6N2O4S/c9-6(10)4-1-7-5(8-2-4)3-13(11)12/h1-2,13H,3H2,(H,9,10). The molecule has 0 unspecified atom stereocenters. The minimum Gasteiger partial charge on any atom is -0.478 e. The van der Waals surface area contributed by atoms with Crippen molar-refractivity contribution in [1.29, 1.82) is 0 Å². The summed E-state index contributed by atoms with van der Waals surface area (Å²) in [6.45, 7) is 0. The minimum atomic E-state index is -2.57. The van der Waals surface area contributed by atoms with Gasteiger partial charge in [-0.2, -0.15) is 0 Å². The van der Waals surface area contributed by atoms with Gasteiger partial charge < -0.3 is 5.11 Å². The Balaban J connectivity index is 2.87. The van der Waals surface area contributed by atoms with E-state index in [4.69, 9.17) is 5.11 Å². The summed E-state index contributed by atoms with van der Waals surface area (Å²) in [5.74, 6) is -1.31. The largest absolute Gasteiger partial charge is 0.478 e. The van der Waals surface area contributed by atoms with Gasteiger partial charge in [-0.25, -0.2) is 23.2 Å². The summed E-state index contributed by atoms with van der Waals surface area (Å²) in [7, 11) is -2.57. The maximum atomic E-state index is 10.3. The van der Waals surface area contributed by atoms with Crippen LogP contribution in [-0.4, -0.2) is 29.5 Å². The van der Waals surface area contributed by atoms with E-state index in [-0.39, 0.29) is 17.1 Å². The Morgan fingerprint density at radius 1 is 1.38 bits per heavy atom. The maximum Gasteiger partial charge on any atom is 0.338 e. The lowest BCUT2D eigenvalue weighted by atomic mass is 10.3. The van der Waals surface area contributed by atoms with Gasteiger partial charge in [-0.05, 0) is 0 Å². The van der Waals surface area contributed by atoms with Gasteiger partial charge in [-0.1, -0.05) is 0 Å². The number of aromatic carboxylic acids is 1. The zero-order chi connectivity index (χ0) is 9.84. The second kappa shape index (κ2) is 3.94. The highest BCUT2D eigenvalue weighted by Gasteiger charge is 2.04. The molecule has 0 spiro atoms. The van der Waals surface area contributed by atoms with Gasteiger partial charge in [0, 0.05) is 12.4 Å². The van der Waals surface area contributed by atoms with Crippen LogP contribution in [-0.2, 0) is 16.5 Å². The van der Waals surface area contributed by atoms with Gasteiger partial charge in [0.05, 0.1) is 5.56 Å². The summed E-state index contributed by atoms with van der Waals surface area (Å²) in [4.78, 5) is 17.5. The number of aromatic nitrogens is 2. The molecule has 0 aliphatic heterocycles. The fourth-order valence-electron chi connectivity index (χ4n) is 0.662. The summed E-state index contributed by atoms with van der Waals surface area (Å²) in [6.07, 6.45) is 2.15. The summed E-state index contributed by atoms with van der Waals surface area (Å²) in [5, 5.41) is 8.46. The van der Waals surface area contributed by atoms with Gasteiger partial charge in [0.15, 0.2) is 0 Å². The summed E-state index contributed by atoms with van der Waals surface area (Å²) in [5.41, 5.74) is -0.0649. The van der Waals surface area contributed by atoms with Crippen molar-refractivity contribution >= 4 is 16.7 Å². The Morgan fingerprint density at radius 3 is 2.31 bits per heavy atom. The molecule has 0 radical (unpaired) electrons. The van der Waals surface area contributed by atoms with Crippen molar-refractivity contribution in [2.24, 2.45) is 0 Å². The zero-order valence-electron chi connectivity index (χ0n) is 6.38. The average Bonchev–Trinajstić information content (AvgIpc) is 2.04. The Morgan fingerprint density at radius 2 is 1.92 bits per heavy atom. The van der Waals surface area contributed by atoms with Crippen LogP contribution < -0.4 is 0 Å². The Hall–Kier alpha value is -1.50. The first kappa shape index (κ1) is 9.59. The third-order valence-electron chi connectivity index (χ3n) is 1.22. The number of carboxylic acid groups (broad SMARTS) is 1. The Labute approximate surface area is 75.2 Å². The van der Waals surface area contributed by atoms with Crippen molar-refractivity contribution < 1.29 is 18.3 Å². The molecule has 0 atom stereocenters. The molecule has 1 aromatic rings. The molecule has 0 fully saturated rings. The van der Waals surface area contributed by atoms with E-state index in [2.05, 4.69) is 9.97 Å². The average molecular weight is 202 g/mol. The summed E-state index contributed by atoms with van der Waals surface area (Å²) < 4.78 is 20.5. The minimum absolute atomic E-state index is 0.0649. The quantitative estimate of drug-likeness (QED) is 0.628. The van der Waals surface area contributed by atoms with Crippen LogP contribution in [0.25, 0.3) is 0 Å². The fraction of sp³-hybridized carbons (Fsp3) is 0.167. The smallest absolute Gasteiger partial charge is 0.338 e. The lowest BCUT2D eigenvalue weighted by Crippen LogP contribution is -2.02. The third kappa shape index (κ3) is 2.79. The molecule has 1 N–H and O–H groups in total. The maximum absolute atomic E-state index is 10.3. The van der Waals surface area contributed by atoms with Gasteiger partial charge in [-0.3, -0.25) is 0 Å². The van der Waals surface area contributed by atoms with E-state index in [1.165, 1.54) is 0 Å². The lowest BCUT2D eigenvalue weighted by Gasteiger charge is -1.94. The first-order valence-corrected chi connectivity index (χ1v) is 4.62. The molecule has 0 saturated heterocycles. The number of rotatable bonds is 3. The molecule has 0 amide bonds. The van der Waals surface area contributed by atoms with Gasteiger partial charge in [0.2, 0.25) is 0 Å². The molecule has 6 nitrogen and oxygen atoms in total. The number of thiol groups is 1. The van der Waals surface area contributed by atoms with Gasteiger partial charge in [-0.15, -0.1) is 0 Å². The SMILES string of the molecule is O=C(O)c1cnc(C[SH](=O)=O)nc1. The topological polar surface area (TPSA) is 97.2 Å². The summed E-state index contributed by atoms with van der Waals surface area (Å²) >= 11 is 0. The molecule has 0 aromatic carbocycles. The highest BCUT2D eigenvalue weighted by atomic mass is 32.2. The van der Waals surface area contributed by atoms with Crippen LogP contribution in [0, 0.1) is 0 Å². The molecule has 0 saturated carbocycles. The number of nitrogens with zero attached hydrogens (tertiary/aromatic N) is 2. The predicted molar refractivity (Wildman–Crippen MR) is 43.0 cm³/mol. The van der Waals surface area contributed by atoms with E-state index in [0.29, 0.717) is 0 Å². The van der Waals surface area contributed by atoms with Crippen LogP contribution in [0.1, 0.15) is 16.2 Å². The number of carboxylic acids is 1. The van der Waals surface area contributed by atoms with Gasteiger partial charge in [0.1, 0.15) is 22.3 Å². The van der Waals surface area contributed by atoms with Crippen molar-refractivity contribution in [2.45, 2.75) is 5.75 Å². The monoisotopic (exact) mass is 202 g/mol. The van der Waals surface area contributed by atoms with E-state index >= 15 is 0 Å². The normalized spacial score (nSPS) is 10.2. The second-order valence-electron chi connectivity index (χ2n) is 2.18. The molecule has 0 aliphatic carbocycles.